The van der Waals surface area contributed by atoms with Crippen LogP contribution in [0.4, 0.5) is 0 Å². The van der Waals surface area contributed by atoms with Gasteiger partial charge in [-0.2, -0.15) is 0 Å². The fourth-order valence-corrected chi connectivity index (χ4v) is 6.51. The molecular formula is C34H42O22. The Morgan fingerprint density at radius 2 is 1.25 bits per heavy atom. The summed E-state index contributed by atoms with van der Waals surface area (Å²) in [7, 11) is 1.23. The maximum absolute atomic E-state index is 14.2. The summed E-state index contributed by atoms with van der Waals surface area (Å²) in [6, 6.07) is 5.53. The molecule has 3 fully saturated rings. The second-order valence-electron chi connectivity index (χ2n) is 13.3. The summed E-state index contributed by atoms with van der Waals surface area (Å²) in [5.74, 6) is -2.87. The largest absolute Gasteiger partial charge is 0.508 e. The summed E-state index contributed by atoms with van der Waals surface area (Å²) in [5.41, 5.74) is -1.45. The molecule has 0 amide bonds. The summed E-state index contributed by atoms with van der Waals surface area (Å²) in [4.78, 5) is 14.2. The number of aliphatic hydroxyl groups excluding tert-OH is 10. The molecule has 22 nitrogen and oxygen atoms in total. The van der Waals surface area contributed by atoms with Crippen molar-refractivity contribution in [3.63, 3.8) is 0 Å². The van der Waals surface area contributed by atoms with E-state index in [1.807, 2.05) is 0 Å². The molecule has 4 heterocycles. The minimum Gasteiger partial charge on any atom is -0.508 e. The van der Waals surface area contributed by atoms with Gasteiger partial charge in [-0.1, -0.05) is 0 Å². The third-order valence-corrected chi connectivity index (χ3v) is 9.65. The third kappa shape index (κ3) is 7.83. The van der Waals surface area contributed by atoms with Gasteiger partial charge in [-0.15, -0.1) is 0 Å². The summed E-state index contributed by atoms with van der Waals surface area (Å²) in [6.45, 7) is -2.45. The molecule has 15 unspecified atom stereocenters. The molecule has 0 aliphatic carbocycles. The van der Waals surface area contributed by atoms with Crippen LogP contribution >= 0.6 is 0 Å². The third-order valence-electron chi connectivity index (χ3n) is 9.65. The van der Waals surface area contributed by atoms with E-state index in [0.29, 0.717) is 0 Å². The molecule has 6 rings (SSSR count). The Morgan fingerprint density at radius 3 is 1.88 bits per heavy atom. The number of phenolic OH excluding ortho intramolecular Hbond substituents is 3. The van der Waals surface area contributed by atoms with Crippen LogP contribution in [0.3, 0.4) is 0 Å². The first kappa shape index (κ1) is 41.7. The molecule has 3 aromatic rings. The molecule has 310 valence electrons. The Morgan fingerprint density at radius 1 is 0.661 bits per heavy atom. The number of ether oxygens (including phenoxy) is 7. The van der Waals surface area contributed by atoms with Crippen molar-refractivity contribution >= 4 is 11.0 Å². The molecule has 15 atom stereocenters. The zero-order chi connectivity index (χ0) is 40.7. The molecule has 3 aliphatic rings. The van der Waals surface area contributed by atoms with E-state index < -0.39 is 146 Å². The van der Waals surface area contributed by atoms with Gasteiger partial charge < -0.3 is 104 Å². The van der Waals surface area contributed by atoms with Crippen LogP contribution in [-0.2, 0) is 23.7 Å². The molecular weight excluding hydrogens is 760 g/mol. The van der Waals surface area contributed by atoms with Gasteiger partial charge in [0.2, 0.25) is 17.5 Å². The highest BCUT2D eigenvalue weighted by atomic mass is 16.8. The van der Waals surface area contributed by atoms with Crippen molar-refractivity contribution in [3.8, 4) is 40.1 Å². The van der Waals surface area contributed by atoms with Gasteiger partial charge in [-0.05, 0) is 18.2 Å². The fraction of sp³-hybridized carbons (Fsp3) is 0.559. The van der Waals surface area contributed by atoms with Crippen LogP contribution in [-0.4, -0.2) is 185 Å². The van der Waals surface area contributed by atoms with Crippen molar-refractivity contribution in [1.29, 1.82) is 0 Å². The Labute approximate surface area is 314 Å². The average molecular weight is 803 g/mol. The molecule has 22 heteroatoms. The number of aromatic hydroxyl groups is 3. The van der Waals surface area contributed by atoms with Gasteiger partial charge >= 0.3 is 0 Å². The van der Waals surface area contributed by atoms with E-state index in [-0.39, 0.29) is 22.6 Å². The van der Waals surface area contributed by atoms with Crippen LogP contribution in [0.15, 0.2) is 39.5 Å². The van der Waals surface area contributed by atoms with Crippen molar-refractivity contribution in [2.45, 2.75) is 92.1 Å². The standard InChI is InChI=1S/C34H42O22/c1-49-14-4-10(2-3-12(14)38)29-30(23(43)19-13(39)5-11(37)6-15(19)51-29)55-34-31(56-33-28(48)25(45)21(41)17(8-36)53-33)26(46)22(42)18(54-34)9-50-32-27(47)24(44)20(40)16(7-35)52-32/h2-6,16-18,20-22,24-28,31-42,44-48H,7-9H2,1H3. The lowest BCUT2D eigenvalue weighted by atomic mass is 9.97. The van der Waals surface area contributed by atoms with Gasteiger partial charge in [0.25, 0.3) is 0 Å². The molecule has 0 spiro atoms. The van der Waals surface area contributed by atoms with Crippen molar-refractivity contribution in [1.82, 2.24) is 0 Å². The van der Waals surface area contributed by atoms with Gasteiger partial charge in [0, 0.05) is 17.7 Å². The number of methoxy groups -OCH3 is 1. The van der Waals surface area contributed by atoms with Crippen molar-refractivity contribution in [3.05, 3.63) is 40.6 Å². The predicted octanol–water partition coefficient (Wildman–Crippen LogP) is -4.59. The minimum absolute atomic E-state index is 0.00165. The van der Waals surface area contributed by atoms with Gasteiger partial charge in [-0.3, -0.25) is 4.79 Å². The molecule has 0 saturated carbocycles. The summed E-state index contributed by atoms with van der Waals surface area (Å²) < 4.78 is 45.1. The SMILES string of the molecule is COc1cc(-c2oc3cc(O)cc(O)c3c(=O)c2OC2OC(COC3OC(CO)C(O)C(O)C3O)C(O)C(O)C2OC2OC(CO)C(O)C(O)C2O)ccc1O. The topological polar surface area (TPSA) is 358 Å². The molecule has 0 bridgehead atoms. The average Bonchev–Trinajstić information content (AvgIpc) is 3.17. The lowest BCUT2D eigenvalue weighted by Gasteiger charge is -2.46. The van der Waals surface area contributed by atoms with Crippen LogP contribution in [0.1, 0.15) is 0 Å². The monoisotopic (exact) mass is 802 g/mol. The van der Waals surface area contributed by atoms with Crippen molar-refractivity contribution in [2.24, 2.45) is 0 Å². The normalized spacial score (nSPS) is 36.4. The number of fused-ring (bicyclic) bond motifs is 1. The number of benzene rings is 2. The van der Waals surface area contributed by atoms with Crippen LogP contribution in [0.25, 0.3) is 22.3 Å². The molecule has 3 aliphatic heterocycles. The van der Waals surface area contributed by atoms with E-state index in [4.69, 9.17) is 37.6 Å². The quantitative estimate of drug-likeness (QED) is 0.0867. The number of rotatable bonds is 11. The van der Waals surface area contributed by atoms with Gasteiger partial charge in [0.1, 0.15) is 89.6 Å². The first-order valence-electron chi connectivity index (χ1n) is 17.1. The Kier molecular flexibility index (Phi) is 12.6. The van der Waals surface area contributed by atoms with Crippen molar-refractivity contribution < 1.29 is 104 Å². The van der Waals surface area contributed by atoms with Crippen LogP contribution in [0.2, 0.25) is 0 Å². The number of hydrogen-bond donors (Lipinski definition) is 13. The predicted molar refractivity (Wildman–Crippen MR) is 179 cm³/mol. The summed E-state index contributed by atoms with van der Waals surface area (Å²) >= 11 is 0. The first-order valence-corrected chi connectivity index (χ1v) is 17.1. The maximum atomic E-state index is 14.2. The smallest absolute Gasteiger partial charge is 0.239 e. The number of aliphatic hydroxyl groups is 10. The summed E-state index contributed by atoms with van der Waals surface area (Å²) in [5, 5.41) is 135. The van der Waals surface area contributed by atoms with E-state index >= 15 is 0 Å². The van der Waals surface area contributed by atoms with Gasteiger partial charge in [0.05, 0.1) is 26.9 Å². The molecule has 3 saturated heterocycles. The Bertz CT molecular complexity index is 1880. The Balaban J connectivity index is 1.41. The molecule has 56 heavy (non-hydrogen) atoms. The van der Waals surface area contributed by atoms with Crippen LogP contribution < -0.4 is 14.9 Å². The zero-order valence-corrected chi connectivity index (χ0v) is 29.2. The fourth-order valence-electron chi connectivity index (χ4n) is 6.51. The first-order chi connectivity index (χ1) is 26.6. The minimum atomic E-state index is -2.13. The lowest BCUT2D eigenvalue weighted by molar-refractivity contribution is -0.363. The van der Waals surface area contributed by atoms with Crippen LogP contribution in [0, 0.1) is 0 Å². The number of phenols is 3. The highest BCUT2D eigenvalue weighted by molar-refractivity contribution is 5.88. The lowest BCUT2D eigenvalue weighted by Crippen LogP contribution is -2.65. The molecule has 1 aromatic heterocycles. The highest BCUT2D eigenvalue weighted by Crippen LogP contribution is 2.40. The van der Waals surface area contributed by atoms with Gasteiger partial charge in [-0.25, -0.2) is 0 Å². The van der Waals surface area contributed by atoms with E-state index in [0.717, 1.165) is 12.1 Å². The van der Waals surface area contributed by atoms with Crippen molar-refractivity contribution in [2.75, 3.05) is 26.9 Å². The summed E-state index contributed by atoms with van der Waals surface area (Å²) in [6.07, 6.45) is -27.7. The molecule has 0 radical (unpaired) electrons. The molecule has 2 aromatic carbocycles. The van der Waals surface area contributed by atoms with E-state index in [2.05, 4.69) is 0 Å². The second-order valence-corrected chi connectivity index (χ2v) is 13.3. The number of hydrogen-bond acceptors (Lipinski definition) is 22. The Hall–Kier alpha value is -3.95. The highest BCUT2D eigenvalue weighted by Gasteiger charge is 2.53. The molecule has 13 N–H and O–H groups in total. The zero-order valence-electron chi connectivity index (χ0n) is 29.2. The van der Waals surface area contributed by atoms with Crippen LogP contribution in [0.5, 0.6) is 28.7 Å². The van der Waals surface area contributed by atoms with E-state index in [1.54, 1.807) is 0 Å². The maximum Gasteiger partial charge on any atom is 0.239 e. The van der Waals surface area contributed by atoms with E-state index in [9.17, 15) is 71.2 Å². The van der Waals surface area contributed by atoms with Gasteiger partial charge in [0.15, 0.2) is 35.9 Å². The van der Waals surface area contributed by atoms with E-state index in [1.165, 1.54) is 25.3 Å². The second kappa shape index (κ2) is 16.9.